The van der Waals surface area contributed by atoms with Gasteiger partial charge in [-0.3, -0.25) is 9.79 Å². The molecule has 2 aromatic carbocycles. The Morgan fingerprint density at radius 3 is 2.19 bits per heavy atom. The standard InChI is InChI=1S/C22H30N4O/c1-5-18-8-6-7-9-19(18)15-25-22(23-4)24-14-17-10-12-20(13-11-17)26-21(27)16(2)3/h6-13,16H,5,14-15H2,1-4H3,(H,26,27)(H2,23,24,25). The molecule has 5 nitrogen and oxygen atoms in total. The number of carbonyl (C=O) groups excluding carboxylic acids is 1. The number of rotatable bonds is 7. The minimum Gasteiger partial charge on any atom is -0.352 e. The number of hydrogen-bond acceptors (Lipinski definition) is 2. The molecule has 0 fully saturated rings. The van der Waals surface area contributed by atoms with Gasteiger partial charge in [0, 0.05) is 31.7 Å². The SMILES string of the molecule is CCc1ccccc1CNC(=NC)NCc1ccc(NC(=O)C(C)C)cc1. The summed E-state index contributed by atoms with van der Waals surface area (Å²) in [6.07, 6.45) is 1.02. The van der Waals surface area contributed by atoms with Crippen molar-refractivity contribution in [2.24, 2.45) is 10.9 Å². The average Bonchev–Trinajstić information content (AvgIpc) is 2.69. The van der Waals surface area contributed by atoms with Gasteiger partial charge < -0.3 is 16.0 Å². The number of aliphatic imine (C=N–C) groups is 1. The maximum absolute atomic E-state index is 11.7. The molecule has 0 saturated carbocycles. The van der Waals surface area contributed by atoms with Crippen molar-refractivity contribution in [3.8, 4) is 0 Å². The van der Waals surface area contributed by atoms with Gasteiger partial charge in [-0.1, -0.05) is 57.2 Å². The van der Waals surface area contributed by atoms with Gasteiger partial charge in [-0.25, -0.2) is 0 Å². The molecule has 0 aromatic heterocycles. The second-order valence-corrected chi connectivity index (χ2v) is 6.74. The van der Waals surface area contributed by atoms with E-state index in [0.29, 0.717) is 6.54 Å². The van der Waals surface area contributed by atoms with Crippen LogP contribution in [0.1, 0.15) is 37.5 Å². The van der Waals surface area contributed by atoms with Crippen molar-refractivity contribution in [1.82, 2.24) is 10.6 Å². The molecular weight excluding hydrogens is 336 g/mol. The minimum atomic E-state index is -0.0291. The van der Waals surface area contributed by atoms with Crippen LogP contribution >= 0.6 is 0 Å². The molecule has 3 N–H and O–H groups in total. The fraction of sp³-hybridized carbons (Fsp3) is 0.364. The van der Waals surface area contributed by atoms with E-state index in [0.717, 1.165) is 30.2 Å². The van der Waals surface area contributed by atoms with Crippen LogP contribution in [0.2, 0.25) is 0 Å². The zero-order chi connectivity index (χ0) is 19.6. The third kappa shape index (κ3) is 6.44. The summed E-state index contributed by atoms with van der Waals surface area (Å²) in [7, 11) is 1.77. The van der Waals surface area contributed by atoms with E-state index in [1.807, 2.05) is 38.1 Å². The van der Waals surface area contributed by atoms with E-state index < -0.39 is 0 Å². The molecule has 5 heteroatoms. The first-order chi connectivity index (χ1) is 13.0. The number of anilines is 1. The number of guanidine groups is 1. The van der Waals surface area contributed by atoms with Crippen LogP contribution in [0.15, 0.2) is 53.5 Å². The maximum atomic E-state index is 11.7. The van der Waals surface area contributed by atoms with Crippen molar-refractivity contribution < 1.29 is 4.79 Å². The molecule has 2 rings (SSSR count). The van der Waals surface area contributed by atoms with Crippen molar-refractivity contribution in [3.05, 3.63) is 65.2 Å². The molecule has 0 saturated heterocycles. The van der Waals surface area contributed by atoms with Crippen LogP contribution in [0, 0.1) is 5.92 Å². The zero-order valence-electron chi connectivity index (χ0n) is 16.7. The quantitative estimate of drug-likeness (QED) is 0.517. The second-order valence-electron chi connectivity index (χ2n) is 6.74. The number of hydrogen-bond donors (Lipinski definition) is 3. The van der Waals surface area contributed by atoms with Crippen molar-refractivity contribution in [1.29, 1.82) is 0 Å². The second kappa shape index (κ2) is 10.4. The Morgan fingerprint density at radius 2 is 1.59 bits per heavy atom. The molecule has 27 heavy (non-hydrogen) atoms. The van der Waals surface area contributed by atoms with E-state index in [4.69, 9.17) is 0 Å². The number of carbonyl (C=O) groups is 1. The van der Waals surface area contributed by atoms with Gasteiger partial charge in [0.25, 0.3) is 0 Å². The van der Waals surface area contributed by atoms with Crippen LogP contribution in [0.4, 0.5) is 5.69 Å². The van der Waals surface area contributed by atoms with Crippen molar-refractivity contribution in [2.75, 3.05) is 12.4 Å². The smallest absolute Gasteiger partial charge is 0.226 e. The summed E-state index contributed by atoms with van der Waals surface area (Å²) >= 11 is 0. The average molecular weight is 367 g/mol. The lowest BCUT2D eigenvalue weighted by molar-refractivity contribution is -0.118. The number of benzene rings is 2. The lowest BCUT2D eigenvalue weighted by Crippen LogP contribution is -2.36. The fourth-order valence-corrected chi connectivity index (χ4v) is 2.65. The molecule has 2 aromatic rings. The normalized spacial score (nSPS) is 11.4. The van der Waals surface area contributed by atoms with Gasteiger partial charge in [-0.05, 0) is 35.2 Å². The minimum absolute atomic E-state index is 0.0258. The summed E-state index contributed by atoms with van der Waals surface area (Å²) in [6, 6.07) is 16.3. The predicted molar refractivity (Wildman–Crippen MR) is 113 cm³/mol. The molecule has 0 unspecified atom stereocenters. The Morgan fingerprint density at radius 1 is 0.963 bits per heavy atom. The number of nitrogens with one attached hydrogen (secondary N) is 3. The van der Waals surface area contributed by atoms with E-state index in [1.165, 1.54) is 11.1 Å². The van der Waals surface area contributed by atoms with E-state index in [1.54, 1.807) is 7.05 Å². The van der Waals surface area contributed by atoms with Crippen molar-refractivity contribution >= 4 is 17.6 Å². The lowest BCUT2D eigenvalue weighted by atomic mass is 10.1. The Kier molecular flexibility index (Phi) is 7.86. The largest absolute Gasteiger partial charge is 0.352 e. The predicted octanol–water partition coefficient (Wildman–Crippen LogP) is 3.71. The fourth-order valence-electron chi connectivity index (χ4n) is 2.65. The molecule has 0 aliphatic carbocycles. The summed E-state index contributed by atoms with van der Waals surface area (Å²) in [6.45, 7) is 7.33. The van der Waals surface area contributed by atoms with Crippen LogP contribution < -0.4 is 16.0 Å². The molecular formula is C22H30N4O. The van der Waals surface area contributed by atoms with Gasteiger partial charge in [0.15, 0.2) is 5.96 Å². The van der Waals surface area contributed by atoms with Crippen LogP contribution in [-0.2, 0) is 24.3 Å². The van der Waals surface area contributed by atoms with E-state index in [-0.39, 0.29) is 11.8 Å². The zero-order valence-corrected chi connectivity index (χ0v) is 16.7. The third-order valence-corrected chi connectivity index (χ3v) is 4.37. The number of amides is 1. The van der Waals surface area contributed by atoms with E-state index >= 15 is 0 Å². The first-order valence-electron chi connectivity index (χ1n) is 9.44. The van der Waals surface area contributed by atoms with E-state index in [9.17, 15) is 4.79 Å². The summed E-state index contributed by atoms with van der Waals surface area (Å²) in [5.41, 5.74) is 4.57. The Bertz CT molecular complexity index is 766. The molecule has 144 valence electrons. The Labute approximate surface area is 162 Å². The van der Waals surface area contributed by atoms with Crippen molar-refractivity contribution in [2.45, 2.75) is 40.3 Å². The number of aryl methyl sites for hydroxylation is 1. The van der Waals surface area contributed by atoms with Gasteiger partial charge in [0.1, 0.15) is 0 Å². The van der Waals surface area contributed by atoms with Crippen LogP contribution in [0.5, 0.6) is 0 Å². The molecule has 0 bridgehead atoms. The van der Waals surface area contributed by atoms with Gasteiger partial charge in [-0.15, -0.1) is 0 Å². The first-order valence-corrected chi connectivity index (χ1v) is 9.44. The molecule has 0 heterocycles. The third-order valence-electron chi connectivity index (χ3n) is 4.37. The molecule has 0 spiro atoms. The summed E-state index contributed by atoms with van der Waals surface area (Å²) in [4.78, 5) is 16.0. The highest BCUT2D eigenvalue weighted by Gasteiger charge is 2.07. The highest BCUT2D eigenvalue weighted by atomic mass is 16.1. The van der Waals surface area contributed by atoms with Gasteiger partial charge in [0.05, 0.1) is 0 Å². The summed E-state index contributed by atoms with van der Waals surface area (Å²) in [5, 5.41) is 9.58. The lowest BCUT2D eigenvalue weighted by Gasteiger charge is -2.14. The van der Waals surface area contributed by atoms with Gasteiger partial charge in [0.2, 0.25) is 5.91 Å². The Hall–Kier alpha value is -2.82. The van der Waals surface area contributed by atoms with Crippen molar-refractivity contribution in [3.63, 3.8) is 0 Å². The molecule has 0 aliphatic heterocycles. The molecule has 0 atom stereocenters. The summed E-state index contributed by atoms with van der Waals surface area (Å²) in [5.74, 6) is 0.759. The molecule has 0 radical (unpaired) electrons. The van der Waals surface area contributed by atoms with Crippen LogP contribution in [0.3, 0.4) is 0 Å². The Balaban J connectivity index is 1.86. The van der Waals surface area contributed by atoms with Crippen LogP contribution in [-0.4, -0.2) is 18.9 Å². The molecule has 1 amide bonds. The summed E-state index contributed by atoms with van der Waals surface area (Å²) < 4.78 is 0. The van der Waals surface area contributed by atoms with Crippen LogP contribution in [0.25, 0.3) is 0 Å². The van der Waals surface area contributed by atoms with E-state index in [2.05, 4.69) is 52.1 Å². The number of nitrogens with zero attached hydrogens (tertiary/aromatic N) is 1. The maximum Gasteiger partial charge on any atom is 0.226 e. The topological polar surface area (TPSA) is 65.5 Å². The highest BCUT2D eigenvalue weighted by molar-refractivity contribution is 5.92. The van der Waals surface area contributed by atoms with Gasteiger partial charge >= 0.3 is 0 Å². The monoisotopic (exact) mass is 366 g/mol. The highest BCUT2D eigenvalue weighted by Crippen LogP contribution is 2.11. The van der Waals surface area contributed by atoms with Gasteiger partial charge in [-0.2, -0.15) is 0 Å². The molecule has 0 aliphatic rings. The first kappa shape index (κ1) is 20.5.